The van der Waals surface area contributed by atoms with Crippen molar-refractivity contribution >= 4 is 38.6 Å². The minimum atomic E-state index is -3.34. The molecule has 0 bridgehead atoms. The predicted octanol–water partition coefficient (Wildman–Crippen LogP) is 4.04. The van der Waals surface area contributed by atoms with Crippen molar-refractivity contribution in [2.75, 3.05) is 15.8 Å². The lowest BCUT2D eigenvalue weighted by Gasteiger charge is -2.09. The molecule has 0 fully saturated rings. The number of benzene rings is 2. The number of sulfonamides is 1. The molecule has 1 aromatic heterocycles. The van der Waals surface area contributed by atoms with E-state index >= 15 is 0 Å². The van der Waals surface area contributed by atoms with Gasteiger partial charge in [-0.1, -0.05) is 6.07 Å². The Morgan fingerprint density at radius 3 is 2.52 bits per heavy atom. The Hall–Kier alpha value is -2.91. The maximum atomic E-state index is 12.5. The first kappa shape index (κ1) is 20.8. The van der Waals surface area contributed by atoms with E-state index in [0.29, 0.717) is 29.3 Å². The van der Waals surface area contributed by atoms with Gasteiger partial charge in [-0.3, -0.25) is 9.52 Å². The number of rotatable bonds is 8. The second-order valence-electron chi connectivity index (χ2n) is 6.21. The summed E-state index contributed by atoms with van der Waals surface area (Å²) in [5, 5.41) is 5.70. The minimum absolute atomic E-state index is 0.00796. The number of thiazole rings is 1. The number of hydrogen-bond donors (Lipinski definition) is 2. The highest BCUT2D eigenvalue weighted by Crippen LogP contribution is 2.19. The van der Waals surface area contributed by atoms with E-state index in [1.54, 1.807) is 66.8 Å². The molecule has 3 rings (SSSR count). The van der Waals surface area contributed by atoms with Crippen molar-refractivity contribution in [1.29, 1.82) is 0 Å². The van der Waals surface area contributed by atoms with Gasteiger partial charge in [-0.25, -0.2) is 13.4 Å². The quantitative estimate of drug-likeness (QED) is 0.561. The largest absolute Gasteiger partial charge is 0.487 e. The molecule has 2 aromatic carbocycles. The van der Waals surface area contributed by atoms with E-state index in [0.717, 1.165) is 10.7 Å². The second kappa shape index (κ2) is 9.06. The molecule has 0 aliphatic heterocycles. The first-order valence-corrected chi connectivity index (χ1v) is 11.4. The molecule has 29 heavy (non-hydrogen) atoms. The van der Waals surface area contributed by atoms with Crippen LogP contribution in [0.2, 0.25) is 0 Å². The molecule has 0 atom stereocenters. The summed E-state index contributed by atoms with van der Waals surface area (Å²) in [6, 6.07) is 13.4. The van der Waals surface area contributed by atoms with Crippen LogP contribution in [0.3, 0.4) is 0 Å². The van der Waals surface area contributed by atoms with Crippen LogP contribution in [-0.4, -0.2) is 25.1 Å². The average Bonchev–Trinajstić information content (AvgIpc) is 3.13. The Kier molecular flexibility index (Phi) is 6.50. The average molecular weight is 432 g/mol. The molecule has 152 valence electrons. The molecule has 0 aliphatic rings. The Bertz CT molecular complexity index is 1090. The molecule has 0 unspecified atom stereocenters. The van der Waals surface area contributed by atoms with Crippen molar-refractivity contribution in [2.24, 2.45) is 0 Å². The third kappa shape index (κ3) is 6.03. The molecule has 2 N–H and O–H groups in total. The molecule has 0 aliphatic carbocycles. The number of carbonyl (C=O) groups excluding carboxylic acids is 1. The molecule has 9 heteroatoms. The number of nitrogens with zero attached hydrogens (tertiary/aromatic N) is 1. The third-order valence-electron chi connectivity index (χ3n) is 3.95. The van der Waals surface area contributed by atoms with E-state index in [-0.39, 0.29) is 11.7 Å². The van der Waals surface area contributed by atoms with Gasteiger partial charge >= 0.3 is 0 Å². The zero-order chi connectivity index (χ0) is 20.9. The fourth-order valence-electron chi connectivity index (χ4n) is 2.44. The van der Waals surface area contributed by atoms with Crippen molar-refractivity contribution in [3.05, 3.63) is 70.2 Å². The predicted molar refractivity (Wildman–Crippen MR) is 115 cm³/mol. The van der Waals surface area contributed by atoms with Crippen molar-refractivity contribution < 1.29 is 17.9 Å². The van der Waals surface area contributed by atoms with Crippen molar-refractivity contribution in [3.63, 3.8) is 0 Å². The van der Waals surface area contributed by atoms with E-state index in [4.69, 9.17) is 4.74 Å². The van der Waals surface area contributed by atoms with Gasteiger partial charge in [-0.2, -0.15) is 0 Å². The SMILES string of the molecule is CCS(=O)(=O)Nc1ccc(NC(=O)c2cccc(OCc3csc(C)n3)c2)cc1. The van der Waals surface area contributed by atoms with Gasteiger partial charge < -0.3 is 10.1 Å². The van der Waals surface area contributed by atoms with Crippen LogP contribution in [0, 0.1) is 6.92 Å². The number of aryl methyl sites for hydroxylation is 1. The molecule has 0 radical (unpaired) electrons. The maximum Gasteiger partial charge on any atom is 0.255 e. The molecule has 1 heterocycles. The molecule has 7 nitrogen and oxygen atoms in total. The third-order valence-corrected chi connectivity index (χ3v) is 6.07. The van der Waals surface area contributed by atoms with Gasteiger partial charge in [0.25, 0.3) is 5.91 Å². The van der Waals surface area contributed by atoms with Crippen LogP contribution in [0.1, 0.15) is 28.0 Å². The molecular formula is C20H21N3O4S2. The number of carbonyl (C=O) groups is 1. The number of aromatic nitrogens is 1. The molecular weight excluding hydrogens is 410 g/mol. The van der Waals surface area contributed by atoms with Gasteiger partial charge in [0, 0.05) is 22.3 Å². The molecule has 0 saturated heterocycles. The Morgan fingerprint density at radius 2 is 1.86 bits per heavy atom. The lowest BCUT2D eigenvalue weighted by Crippen LogP contribution is -2.15. The molecule has 3 aromatic rings. The number of amides is 1. The number of hydrogen-bond acceptors (Lipinski definition) is 6. The Morgan fingerprint density at radius 1 is 1.14 bits per heavy atom. The Labute approximate surface area is 173 Å². The summed E-state index contributed by atoms with van der Waals surface area (Å²) in [6.45, 7) is 3.83. The van der Waals surface area contributed by atoms with Crippen LogP contribution in [-0.2, 0) is 16.6 Å². The van der Waals surface area contributed by atoms with E-state index < -0.39 is 10.0 Å². The lowest BCUT2D eigenvalue weighted by atomic mass is 10.2. The van der Waals surface area contributed by atoms with Crippen LogP contribution < -0.4 is 14.8 Å². The normalized spacial score (nSPS) is 11.1. The monoisotopic (exact) mass is 431 g/mol. The smallest absolute Gasteiger partial charge is 0.255 e. The topological polar surface area (TPSA) is 97.4 Å². The maximum absolute atomic E-state index is 12.5. The van der Waals surface area contributed by atoms with E-state index in [2.05, 4.69) is 15.0 Å². The van der Waals surface area contributed by atoms with Gasteiger partial charge in [0.15, 0.2) is 0 Å². The van der Waals surface area contributed by atoms with Gasteiger partial charge in [-0.05, 0) is 56.3 Å². The fourth-order valence-corrected chi connectivity index (χ4v) is 3.67. The van der Waals surface area contributed by atoms with E-state index in [9.17, 15) is 13.2 Å². The Balaban J connectivity index is 1.61. The van der Waals surface area contributed by atoms with E-state index in [1.807, 2.05) is 12.3 Å². The lowest BCUT2D eigenvalue weighted by molar-refractivity contribution is 0.102. The zero-order valence-electron chi connectivity index (χ0n) is 16.0. The zero-order valence-corrected chi connectivity index (χ0v) is 17.6. The summed E-state index contributed by atoms with van der Waals surface area (Å²) in [5.41, 5.74) is 2.30. The van der Waals surface area contributed by atoms with E-state index in [1.165, 1.54) is 0 Å². The number of nitrogens with one attached hydrogen (secondary N) is 2. The van der Waals surface area contributed by atoms with Crippen LogP contribution in [0.25, 0.3) is 0 Å². The first-order valence-electron chi connectivity index (χ1n) is 8.90. The van der Waals surface area contributed by atoms with Gasteiger partial charge in [0.2, 0.25) is 10.0 Å². The number of ether oxygens (including phenoxy) is 1. The molecule has 0 spiro atoms. The highest BCUT2D eigenvalue weighted by Gasteiger charge is 2.10. The first-order chi connectivity index (χ1) is 13.8. The highest BCUT2D eigenvalue weighted by atomic mass is 32.2. The summed E-state index contributed by atoms with van der Waals surface area (Å²) in [6.07, 6.45) is 0. The summed E-state index contributed by atoms with van der Waals surface area (Å²) in [5.74, 6) is 0.279. The number of anilines is 2. The molecule has 1 amide bonds. The van der Waals surface area contributed by atoms with Gasteiger partial charge in [0.05, 0.1) is 16.5 Å². The van der Waals surface area contributed by atoms with Gasteiger partial charge in [0.1, 0.15) is 12.4 Å². The van der Waals surface area contributed by atoms with Gasteiger partial charge in [-0.15, -0.1) is 11.3 Å². The fraction of sp³-hybridized carbons (Fsp3) is 0.200. The minimum Gasteiger partial charge on any atom is -0.487 e. The van der Waals surface area contributed by atoms with Crippen molar-refractivity contribution in [1.82, 2.24) is 4.98 Å². The van der Waals surface area contributed by atoms with Crippen LogP contribution in [0.15, 0.2) is 53.9 Å². The van der Waals surface area contributed by atoms with Crippen molar-refractivity contribution in [3.8, 4) is 5.75 Å². The van der Waals surface area contributed by atoms with Crippen LogP contribution in [0.4, 0.5) is 11.4 Å². The summed E-state index contributed by atoms with van der Waals surface area (Å²) in [4.78, 5) is 16.9. The second-order valence-corrected chi connectivity index (χ2v) is 9.28. The molecule has 0 saturated carbocycles. The summed E-state index contributed by atoms with van der Waals surface area (Å²) >= 11 is 1.56. The summed E-state index contributed by atoms with van der Waals surface area (Å²) < 4.78 is 31.4. The van der Waals surface area contributed by atoms with Crippen LogP contribution >= 0.6 is 11.3 Å². The van der Waals surface area contributed by atoms with Crippen molar-refractivity contribution in [2.45, 2.75) is 20.5 Å². The van der Waals surface area contributed by atoms with Crippen LogP contribution in [0.5, 0.6) is 5.75 Å². The highest BCUT2D eigenvalue weighted by molar-refractivity contribution is 7.92. The summed E-state index contributed by atoms with van der Waals surface area (Å²) in [7, 11) is -3.34. The standard InChI is InChI=1S/C20H21N3O4S2/c1-3-29(25,26)23-17-9-7-16(8-10-17)22-20(24)15-5-4-6-19(11-15)27-12-18-13-28-14(2)21-18/h4-11,13,23H,3,12H2,1-2H3,(H,22,24).